The standard InChI is InChI=1S/C13H13ClN2O3/c14-11-4-3-9(17)6-10(11)13-15-12(16-19-13)8-2-1-5-18-7-8/h3-4,6,8,17H,1-2,5,7H2. The van der Waals surface area contributed by atoms with Crippen molar-refractivity contribution in [2.75, 3.05) is 13.2 Å². The van der Waals surface area contributed by atoms with E-state index in [2.05, 4.69) is 10.1 Å². The smallest absolute Gasteiger partial charge is 0.259 e. The van der Waals surface area contributed by atoms with Gasteiger partial charge in [0.15, 0.2) is 5.82 Å². The Balaban J connectivity index is 1.89. The zero-order valence-electron chi connectivity index (χ0n) is 10.2. The van der Waals surface area contributed by atoms with Gasteiger partial charge in [-0.15, -0.1) is 0 Å². The van der Waals surface area contributed by atoms with Crippen molar-refractivity contribution in [1.29, 1.82) is 0 Å². The molecular weight excluding hydrogens is 268 g/mol. The van der Waals surface area contributed by atoms with Crippen LogP contribution in [0.25, 0.3) is 11.5 Å². The molecular formula is C13H13ClN2O3. The molecule has 1 aliphatic heterocycles. The largest absolute Gasteiger partial charge is 0.508 e. The quantitative estimate of drug-likeness (QED) is 0.916. The number of phenolic OH excluding ortho intramolecular Hbond substituents is 1. The molecule has 1 saturated heterocycles. The van der Waals surface area contributed by atoms with Crippen LogP contribution in [0, 0.1) is 0 Å². The van der Waals surface area contributed by atoms with Gasteiger partial charge < -0.3 is 14.4 Å². The summed E-state index contributed by atoms with van der Waals surface area (Å²) < 4.78 is 10.6. The average molecular weight is 281 g/mol. The topological polar surface area (TPSA) is 68.4 Å². The molecule has 2 heterocycles. The van der Waals surface area contributed by atoms with Gasteiger partial charge >= 0.3 is 0 Å². The number of halogens is 1. The predicted octanol–water partition coefficient (Wildman–Crippen LogP) is 2.99. The minimum absolute atomic E-state index is 0.111. The van der Waals surface area contributed by atoms with E-state index in [-0.39, 0.29) is 11.7 Å². The second-order valence-corrected chi connectivity index (χ2v) is 4.94. The van der Waals surface area contributed by atoms with Gasteiger partial charge in [-0.1, -0.05) is 16.8 Å². The van der Waals surface area contributed by atoms with Gasteiger partial charge in [0.05, 0.1) is 17.2 Å². The molecule has 0 aliphatic carbocycles. The Kier molecular flexibility index (Phi) is 3.40. The maximum Gasteiger partial charge on any atom is 0.259 e. The SMILES string of the molecule is Oc1ccc(Cl)c(-c2nc(C3CCCOC3)no2)c1. The van der Waals surface area contributed by atoms with Gasteiger partial charge in [-0.05, 0) is 31.0 Å². The summed E-state index contributed by atoms with van der Waals surface area (Å²) in [5, 5.41) is 13.9. The van der Waals surface area contributed by atoms with E-state index in [0.717, 1.165) is 19.4 Å². The summed E-state index contributed by atoms with van der Waals surface area (Å²) in [6.07, 6.45) is 1.99. The van der Waals surface area contributed by atoms with Crippen molar-refractivity contribution in [2.45, 2.75) is 18.8 Å². The molecule has 5 nitrogen and oxygen atoms in total. The summed E-state index contributed by atoms with van der Waals surface area (Å²) >= 11 is 6.06. The first-order valence-corrected chi connectivity index (χ1v) is 6.52. The number of nitrogens with zero attached hydrogens (tertiary/aromatic N) is 2. The van der Waals surface area contributed by atoms with Crippen LogP contribution in [-0.4, -0.2) is 28.5 Å². The predicted molar refractivity (Wildman–Crippen MR) is 69.2 cm³/mol. The summed E-state index contributed by atoms with van der Waals surface area (Å²) in [6.45, 7) is 1.41. The molecule has 0 amide bonds. The van der Waals surface area contributed by atoms with E-state index in [1.807, 2.05) is 0 Å². The fraction of sp³-hybridized carbons (Fsp3) is 0.385. The van der Waals surface area contributed by atoms with Gasteiger partial charge in [0, 0.05) is 12.5 Å². The van der Waals surface area contributed by atoms with Crippen LogP contribution < -0.4 is 0 Å². The molecule has 1 aromatic heterocycles. The molecule has 1 atom stereocenters. The number of hydrogen-bond acceptors (Lipinski definition) is 5. The van der Waals surface area contributed by atoms with Crippen LogP contribution in [0.15, 0.2) is 22.7 Å². The lowest BCUT2D eigenvalue weighted by atomic mass is 10.0. The van der Waals surface area contributed by atoms with Crippen molar-refractivity contribution < 1.29 is 14.4 Å². The van der Waals surface area contributed by atoms with Crippen molar-refractivity contribution in [2.24, 2.45) is 0 Å². The van der Waals surface area contributed by atoms with E-state index in [9.17, 15) is 5.11 Å². The van der Waals surface area contributed by atoms with Crippen LogP contribution in [-0.2, 0) is 4.74 Å². The maximum absolute atomic E-state index is 9.49. The first kappa shape index (κ1) is 12.4. The minimum Gasteiger partial charge on any atom is -0.508 e. The van der Waals surface area contributed by atoms with E-state index in [1.165, 1.54) is 12.1 Å². The molecule has 0 saturated carbocycles. The number of phenols is 1. The first-order chi connectivity index (χ1) is 9.24. The molecule has 1 unspecified atom stereocenters. The highest BCUT2D eigenvalue weighted by atomic mass is 35.5. The Bertz CT molecular complexity index is 579. The van der Waals surface area contributed by atoms with E-state index in [4.69, 9.17) is 20.9 Å². The summed E-state index contributed by atoms with van der Waals surface area (Å²) in [7, 11) is 0. The lowest BCUT2D eigenvalue weighted by Crippen LogP contribution is -2.16. The molecule has 1 aliphatic rings. The molecule has 0 radical (unpaired) electrons. The van der Waals surface area contributed by atoms with Crippen LogP contribution in [0.1, 0.15) is 24.6 Å². The molecule has 0 spiro atoms. The third kappa shape index (κ3) is 2.57. The Morgan fingerprint density at radius 1 is 1.37 bits per heavy atom. The highest BCUT2D eigenvalue weighted by Crippen LogP contribution is 2.31. The molecule has 1 N–H and O–H groups in total. The molecule has 3 rings (SSSR count). The second-order valence-electron chi connectivity index (χ2n) is 4.54. The first-order valence-electron chi connectivity index (χ1n) is 6.14. The molecule has 2 aromatic rings. The number of aromatic nitrogens is 2. The van der Waals surface area contributed by atoms with E-state index in [0.29, 0.717) is 28.9 Å². The molecule has 0 bridgehead atoms. The van der Waals surface area contributed by atoms with Crippen molar-refractivity contribution in [1.82, 2.24) is 10.1 Å². The molecule has 19 heavy (non-hydrogen) atoms. The Morgan fingerprint density at radius 3 is 3.05 bits per heavy atom. The van der Waals surface area contributed by atoms with Gasteiger partial charge in [-0.3, -0.25) is 0 Å². The minimum atomic E-state index is 0.111. The van der Waals surface area contributed by atoms with E-state index in [1.54, 1.807) is 6.07 Å². The second kappa shape index (κ2) is 5.19. The molecule has 1 aromatic carbocycles. The number of hydrogen-bond donors (Lipinski definition) is 1. The highest BCUT2D eigenvalue weighted by molar-refractivity contribution is 6.33. The number of ether oxygens (including phenoxy) is 1. The molecule has 1 fully saturated rings. The lowest BCUT2D eigenvalue weighted by Gasteiger charge is -2.18. The fourth-order valence-corrected chi connectivity index (χ4v) is 2.33. The monoisotopic (exact) mass is 280 g/mol. The van der Waals surface area contributed by atoms with Gasteiger partial charge in [-0.2, -0.15) is 4.98 Å². The fourth-order valence-electron chi connectivity index (χ4n) is 2.13. The normalized spacial score (nSPS) is 19.5. The number of aromatic hydroxyl groups is 1. The summed E-state index contributed by atoms with van der Waals surface area (Å²) in [6, 6.07) is 4.62. The number of benzene rings is 1. The van der Waals surface area contributed by atoms with Crippen LogP contribution >= 0.6 is 11.6 Å². The van der Waals surface area contributed by atoms with Crippen LogP contribution in [0.5, 0.6) is 5.75 Å². The Hall–Kier alpha value is -1.59. The van der Waals surface area contributed by atoms with Crippen molar-refractivity contribution in [3.63, 3.8) is 0 Å². The van der Waals surface area contributed by atoms with Gasteiger partial charge in [0.25, 0.3) is 5.89 Å². The maximum atomic E-state index is 9.49. The highest BCUT2D eigenvalue weighted by Gasteiger charge is 2.22. The van der Waals surface area contributed by atoms with Crippen LogP contribution in [0.4, 0.5) is 0 Å². The van der Waals surface area contributed by atoms with Crippen LogP contribution in [0.3, 0.4) is 0 Å². The zero-order chi connectivity index (χ0) is 13.2. The van der Waals surface area contributed by atoms with Crippen molar-refractivity contribution >= 4 is 11.6 Å². The van der Waals surface area contributed by atoms with Gasteiger partial charge in [-0.25, -0.2) is 0 Å². The number of rotatable bonds is 2. The average Bonchev–Trinajstić information content (AvgIpc) is 2.92. The lowest BCUT2D eigenvalue weighted by molar-refractivity contribution is 0.0773. The summed E-state index contributed by atoms with van der Waals surface area (Å²) in [5.74, 6) is 1.23. The third-order valence-corrected chi connectivity index (χ3v) is 3.48. The Labute approximate surface area is 115 Å². The van der Waals surface area contributed by atoms with Crippen molar-refractivity contribution in [3.8, 4) is 17.2 Å². The van der Waals surface area contributed by atoms with Gasteiger partial charge in [0.2, 0.25) is 0 Å². The third-order valence-electron chi connectivity index (χ3n) is 3.15. The van der Waals surface area contributed by atoms with E-state index >= 15 is 0 Å². The molecule has 6 heteroatoms. The summed E-state index contributed by atoms with van der Waals surface area (Å²) in [5.41, 5.74) is 0.539. The zero-order valence-corrected chi connectivity index (χ0v) is 10.9. The van der Waals surface area contributed by atoms with Crippen molar-refractivity contribution in [3.05, 3.63) is 29.0 Å². The summed E-state index contributed by atoms with van der Waals surface area (Å²) in [4.78, 5) is 4.35. The van der Waals surface area contributed by atoms with Crippen LogP contribution in [0.2, 0.25) is 5.02 Å². The Morgan fingerprint density at radius 2 is 2.26 bits per heavy atom. The van der Waals surface area contributed by atoms with Gasteiger partial charge in [0.1, 0.15) is 5.75 Å². The molecule has 100 valence electrons. The van der Waals surface area contributed by atoms with E-state index < -0.39 is 0 Å².